The number of likely N-dealkylation sites (N-methyl/N-ethyl adjacent to an activating group) is 1. The van der Waals surface area contributed by atoms with Crippen molar-refractivity contribution >= 4 is 5.91 Å². The number of hydrogen-bond donors (Lipinski definition) is 2. The van der Waals surface area contributed by atoms with E-state index in [1.54, 1.807) is 11.9 Å². The van der Waals surface area contributed by atoms with Crippen LogP contribution >= 0.6 is 0 Å². The van der Waals surface area contributed by atoms with Gasteiger partial charge in [-0.1, -0.05) is 0 Å². The molecule has 0 bridgehead atoms. The Morgan fingerprint density at radius 1 is 1.75 bits per heavy atom. The number of carbonyl (C=O) groups excluding carboxylic acids is 1. The summed E-state index contributed by atoms with van der Waals surface area (Å²) in [5, 5.41) is 12.1. The highest BCUT2D eigenvalue weighted by Crippen LogP contribution is 2.09. The molecule has 1 amide bonds. The smallest absolute Gasteiger partial charge is 0.239 e. The van der Waals surface area contributed by atoms with Crippen molar-refractivity contribution < 1.29 is 9.90 Å². The zero-order chi connectivity index (χ0) is 9.14. The van der Waals surface area contributed by atoms with E-state index in [0.717, 1.165) is 0 Å². The fourth-order valence-electron chi connectivity index (χ4n) is 1.34. The van der Waals surface area contributed by atoms with Gasteiger partial charge in [0.15, 0.2) is 0 Å². The number of aliphatic hydroxyl groups is 1. The summed E-state index contributed by atoms with van der Waals surface area (Å²) in [6.07, 6.45) is 0.389. The topological polar surface area (TPSA) is 52.6 Å². The van der Waals surface area contributed by atoms with Crippen molar-refractivity contribution in [2.45, 2.75) is 25.5 Å². The zero-order valence-corrected chi connectivity index (χ0v) is 7.58. The third kappa shape index (κ3) is 1.95. The highest BCUT2D eigenvalue weighted by atomic mass is 16.3. The van der Waals surface area contributed by atoms with E-state index in [1.807, 2.05) is 6.92 Å². The summed E-state index contributed by atoms with van der Waals surface area (Å²) in [5.74, 6) is 0.0778. The second kappa shape index (κ2) is 3.87. The van der Waals surface area contributed by atoms with Gasteiger partial charge in [0.25, 0.3) is 0 Å². The van der Waals surface area contributed by atoms with Gasteiger partial charge in [0.05, 0.1) is 12.1 Å². The molecule has 0 aromatic carbocycles. The Morgan fingerprint density at radius 2 is 2.42 bits per heavy atom. The van der Waals surface area contributed by atoms with Crippen LogP contribution in [0.3, 0.4) is 0 Å². The molecule has 1 fully saturated rings. The third-order valence-electron chi connectivity index (χ3n) is 2.28. The van der Waals surface area contributed by atoms with Crippen LogP contribution in [0.15, 0.2) is 0 Å². The van der Waals surface area contributed by atoms with Gasteiger partial charge in [-0.2, -0.15) is 0 Å². The quantitative estimate of drug-likeness (QED) is 0.572. The minimum absolute atomic E-state index is 0.0778. The van der Waals surface area contributed by atoms with Crippen molar-refractivity contribution in [3.05, 3.63) is 0 Å². The average Bonchev–Trinajstić information content (AvgIpc) is 2.49. The number of carbonyl (C=O) groups is 1. The summed E-state index contributed by atoms with van der Waals surface area (Å²) in [5.41, 5.74) is 0. The minimum atomic E-state index is -0.321. The van der Waals surface area contributed by atoms with E-state index in [0.29, 0.717) is 19.5 Å². The number of hydrogen-bond acceptors (Lipinski definition) is 3. The molecular weight excluding hydrogens is 156 g/mol. The summed E-state index contributed by atoms with van der Waals surface area (Å²) in [6, 6.07) is -0.143. The molecule has 12 heavy (non-hydrogen) atoms. The minimum Gasteiger partial charge on any atom is -0.391 e. The fraction of sp³-hybridized carbons (Fsp3) is 0.875. The first kappa shape index (κ1) is 9.48. The van der Waals surface area contributed by atoms with Crippen LogP contribution in [0.1, 0.15) is 13.3 Å². The van der Waals surface area contributed by atoms with Crippen LogP contribution in [0, 0.1) is 0 Å². The predicted molar refractivity (Wildman–Crippen MR) is 45.7 cm³/mol. The number of likely N-dealkylation sites (tertiary alicyclic amines) is 1. The summed E-state index contributed by atoms with van der Waals surface area (Å²) >= 11 is 0. The van der Waals surface area contributed by atoms with E-state index in [4.69, 9.17) is 0 Å². The van der Waals surface area contributed by atoms with E-state index in [1.165, 1.54) is 0 Å². The maximum Gasteiger partial charge on any atom is 0.239 e. The molecule has 0 aliphatic carbocycles. The molecule has 4 heteroatoms. The molecule has 0 spiro atoms. The molecule has 0 aromatic heterocycles. The largest absolute Gasteiger partial charge is 0.391 e. The number of β-amino-alcohol motifs (C(OH)–C–C–N with tert-alkyl or cyclic N) is 1. The molecular formula is C8H16N2O2. The highest BCUT2D eigenvalue weighted by Gasteiger charge is 2.26. The van der Waals surface area contributed by atoms with Gasteiger partial charge in [-0.25, -0.2) is 0 Å². The van der Waals surface area contributed by atoms with Crippen LogP contribution in [0.5, 0.6) is 0 Å². The Hall–Kier alpha value is -0.610. The molecule has 1 rings (SSSR count). The van der Waals surface area contributed by atoms with Crippen molar-refractivity contribution in [3.63, 3.8) is 0 Å². The van der Waals surface area contributed by atoms with Crippen LogP contribution in [0.2, 0.25) is 0 Å². The lowest BCUT2D eigenvalue weighted by atomic mass is 10.3. The van der Waals surface area contributed by atoms with Crippen LogP contribution in [-0.4, -0.2) is 48.2 Å². The molecule has 4 nitrogen and oxygen atoms in total. The van der Waals surface area contributed by atoms with E-state index < -0.39 is 0 Å². The third-order valence-corrected chi connectivity index (χ3v) is 2.28. The molecule has 2 atom stereocenters. The van der Waals surface area contributed by atoms with Crippen LogP contribution in [0.4, 0.5) is 0 Å². The van der Waals surface area contributed by atoms with E-state index in [9.17, 15) is 9.90 Å². The number of amides is 1. The van der Waals surface area contributed by atoms with Gasteiger partial charge in [0, 0.05) is 13.1 Å². The zero-order valence-electron chi connectivity index (χ0n) is 7.58. The Bertz CT molecular complexity index is 172. The molecule has 1 heterocycles. The molecule has 1 aliphatic rings. The Labute approximate surface area is 72.6 Å². The lowest BCUT2D eigenvalue weighted by Gasteiger charge is -2.19. The van der Waals surface area contributed by atoms with Crippen molar-refractivity contribution in [2.75, 3.05) is 20.1 Å². The molecule has 1 aliphatic heterocycles. The first-order valence-electron chi connectivity index (χ1n) is 4.29. The molecule has 0 radical (unpaired) electrons. The van der Waals surface area contributed by atoms with Crippen molar-refractivity contribution in [1.82, 2.24) is 10.2 Å². The fourth-order valence-corrected chi connectivity index (χ4v) is 1.34. The Kier molecular flexibility index (Phi) is 3.05. The van der Waals surface area contributed by atoms with Gasteiger partial charge < -0.3 is 15.3 Å². The normalized spacial score (nSPS) is 25.9. The highest BCUT2D eigenvalue weighted by molar-refractivity contribution is 5.81. The van der Waals surface area contributed by atoms with E-state index in [-0.39, 0.29) is 18.1 Å². The van der Waals surface area contributed by atoms with Crippen molar-refractivity contribution in [2.24, 2.45) is 0 Å². The average molecular weight is 172 g/mol. The lowest BCUT2D eigenvalue weighted by molar-refractivity contribution is -0.132. The van der Waals surface area contributed by atoms with Gasteiger partial charge in [0.2, 0.25) is 5.91 Å². The predicted octanol–water partition coefficient (Wildman–Crippen LogP) is -0.813. The Morgan fingerprint density at radius 3 is 2.83 bits per heavy atom. The summed E-state index contributed by atoms with van der Waals surface area (Å²) < 4.78 is 0. The van der Waals surface area contributed by atoms with Gasteiger partial charge in [0.1, 0.15) is 0 Å². The number of nitrogens with one attached hydrogen (secondary N) is 1. The van der Waals surface area contributed by atoms with Crippen LogP contribution in [0.25, 0.3) is 0 Å². The lowest BCUT2D eigenvalue weighted by Crippen LogP contribution is -2.42. The molecule has 0 unspecified atom stereocenters. The van der Waals surface area contributed by atoms with E-state index >= 15 is 0 Å². The molecule has 1 saturated heterocycles. The second-order valence-corrected chi connectivity index (χ2v) is 3.24. The standard InChI is InChI=1S/C8H16N2O2/c1-6(9-2)8(12)10-4-3-7(11)5-10/h6-7,9,11H,3-5H2,1-2H3/t6-,7-/m0/s1. The van der Waals surface area contributed by atoms with Gasteiger partial charge in [-0.3, -0.25) is 4.79 Å². The summed E-state index contributed by atoms with van der Waals surface area (Å²) in [7, 11) is 1.76. The maximum absolute atomic E-state index is 11.5. The number of rotatable bonds is 2. The number of nitrogens with zero attached hydrogens (tertiary/aromatic N) is 1. The molecule has 0 saturated carbocycles. The Balaban J connectivity index is 2.43. The monoisotopic (exact) mass is 172 g/mol. The van der Waals surface area contributed by atoms with Crippen LogP contribution in [-0.2, 0) is 4.79 Å². The van der Waals surface area contributed by atoms with Gasteiger partial charge >= 0.3 is 0 Å². The van der Waals surface area contributed by atoms with Crippen LogP contribution < -0.4 is 5.32 Å². The van der Waals surface area contributed by atoms with Gasteiger partial charge in [-0.15, -0.1) is 0 Å². The summed E-state index contributed by atoms with van der Waals surface area (Å²) in [4.78, 5) is 13.2. The first-order valence-corrected chi connectivity index (χ1v) is 4.29. The van der Waals surface area contributed by atoms with Gasteiger partial charge in [-0.05, 0) is 20.4 Å². The summed E-state index contributed by atoms with van der Waals surface area (Å²) in [6.45, 7) is 3.00. The molecule has 70 valence electrons. The second-order valence-electron chi connectivity index (χ2n) is 3.24. The molecule has 2 N–H and O–H groups in total. The molecule has 0 aromatic rings. The maximum atomic E-state index is 11.5. The number of aliphatic hydroxyl groups excluding tert-OH is 1. The van der Waals surface area contributed by atoms with E-state index in [2.05, 4.69) is 5.32 Å². The SMILES string of the molecule is CN[C@@H](C)C(=O)N1CC[C@H](O)C1. The van der Waals surface area contributed by atoms with Crippen molar-refractivity contribution in [3.8, 4) is 0 Å². The first-order chi connectivity index (χ1) is 5.65. The van der Waals surface area contributed by atoms with Crippen molar-refractivity contribution in [1.29, 1.82) is 0 Å².